The van der Waals surface area contributed by atoms with Gasteiger partial charge in [0.25, 0.3) is 0 Å². The summed E-state index contributed by atoms with van der Waals surface area (Å²) in [6.45, 7) is 6.68. The third-order valence-electron chi connectivity index (χ3n) is 3.97. The van der Waals surface area contributed by atoms with E-state index in [0.29, 0.717) is 36.2 Å². The van der Waals surface area contributed by atoms with E-state index in [0.717, 1.165) is 17.7 Å². The van der Waals surface area contributed by atoms with E-state index in [9.17, 15) is 4.79 Å². The molecular formula is C17H21N3O4. The van der Waals surface area contributed by atoms with E-state index in [2.05, 4.69) is 15.8 Å². The molecule has 1 atom stereocenters. The normalized spacial score (nSPS) is 14.1. The average molecular weight is 331 g/mol. The summed E-state index contributed by atoms with van der Waals surface area (Å²) < 4.78 is 16.3. The smallest absolute Gasteiger partial charge is 0.319 e. The van der Waals surface area contributed by atoms with E-state index in [1.54, 1.807) is 6.07 Å². The molecule has 128 valence electrons. The van der Waals surface area contributed by atoms with Gasteiger partial charge in [-0.3, -0.25) is 0 Å². The standard InChI is InChI=1S/C17H21N3O4/c1-4-12(15-10(2)20-24-11(15)3)18-17(21)19-13-6-5-7-14-16(13)23-9-8-22-14/h5-7,12H,4,8-9H2,1-3H3,(H2,18,19,21). The molecule has 0 saturated carbocycles. The fraction of sp³-hybridized carbons (Fsp3) is 0.412. The van der Waals surface area contributed by atoms with Crippen LogP contribution in [0.1, 0.15) is 36.4 Å². The second-order valence-corrected chi connectivity index (χ2v) is 5.63. The molecule has 7 heteroatoms. The number of ether oxygens (including phenoxy) is 2. The lowest BCUT2D eigenvalue weighted by atomic mass is 10.0. The van der Waals surface area contributed by atoms with E-state index >= 15 is 0 Å². The van der Waals surface area contributed by atoms with Crippen LogP contribution in [0.5, 0.6) is 11.5 Å². The predicted octanol–water partition coefficient (Wildman–Crippen LogP) is 3.34. The molecular weight excluding hydrogens is 310 g/mol. The van der Waals surface area contributed by atoms with Crippen molar-refractivity contribution >= 4 is 11.7 Å². The van der Waals surface area contributed by atoms with Gasteiger partial charge in [0, 0.05) is 5.56 Å². The van der Waals surface area contributed by atoms with Crippen molar-refractivity contribution < 1.29 is 18.8 Å². The maximum atomic E-state index is 12.4. The summed E-state index contributed by atoms with van der Waals surface area (Å²) in [4.78, 5) is 12.4. The quantitative estimate of drug-likeness (QED) is 0.897. The Bertz CT molecular complexity index is 722. The summed E-state index contributed by atoms with van der Waals surface area (Å²) in [5, 5.41) is 9.74. The zero-order valence-electron chi connectivity index (χ0n) is 14.0. The van der Waals surface area contributed by atoms with Gasteiger partial charge < -0.3 is 24.6 Å². The highest BCUT2D eigenvalue weighted by atomic mass is 16.6. The van der Waals surface area contributed by atoms with Crippen LogP contribution in [0.3, 0.4) is 0 Å². The molecule has 0 radical (unpaired) electrons. The number of nitrogens with one attached hydrogen (secondary N) is 2. The van der Waals surface area contributed by atoms with Gasteiger partial charge in [-0.25, -0.2) is 4.79 Å². The Balaban J connectivity index is 1.74. The highest BCUT2D eigenvalue weighted by molar-refractivity contribution is 5.92. The number of para-hydroxylation sites is 1. The molecule has 2 N–H and O–H groups in total. The summed E-state index contributed by atoms with van der Waals surface area (Å²) in [7, 11) is 0. The Labute approximate surface area is 140 Å². The van der Waals surface area contributed by atoms with E-state index in [-0.39, 0.29) is 12.1 Å². The molecule has 1 aromatic carbocycles. The van der Waals surface area contributed by atoms with Crippen LogP contribution in [0.15, 0.2) is 22.7 Å². The molecule has 3 rings (SSSR count). The molecule has 7 nitrogen and oxygen atoms in total. The van der Waals surface area contributed by atoms with E-state index < -0.39 is 0 Å². The number of aromatic nitrogens is 1. The minimum absolute atomic E-state index is 0.173. The van der Waals surface area contributed by atoms with Crippen molar-refractivity contribution in [1.82, 2.24) is 10.5 Å². The van der Waals surface area contributed by atoms with Crippen molar-refractivity contribution in [1.29, 1.82) is 0 Å². The van der Waals surface area contributed by atoms with Gasteiger partial charge >= 0.3 is 6.03 Å². The number of carbonyl (C=O) groups excluding carboxylic acids is 1. The zero-order valence-corrected chi connectivity index (χ0v) is 14.0. The number of urea groups is 1. The van der Waals surface area contributed by atoms with Gasteiger partial charge in [0.2, 0.25) is 0 Å². The first-order valence-electron chi connectivity index (χ1n) is 7.99. The first kappa shape index (κ1) is 16.2. The van der Waals surface area contributed by atoms with Crippen molar-refractivity contribution in [3.63, 3.8) is 0 Å². The number of fused-ring (bicyclic) bond motifs is 1. The molecule has 0 aliphatic carbocycles. The molecule has 1 unspecified atom stereocenters. The summed E-state index contributed by atoms with van der Waals surface area (Å²) in [6, 6.07) is 4.92. The Morgan fingerprint density at radius 3 is 2.79 bits per heavy atom. The number of hydrogen-bond donors (Lipinski definition) is 2. The minimum atomic E-state index is -0.315. The number of rotatable bonds is 4. The van der Waals surface area contributed by atoms with Gasteiger partial charge in [0.05, 0.1) is 17.4 Å². The highest BCUT2D eigenvalue weighted by Crippen LogP contribution is 2.37. The number of nitrogens with zero attached hydrogens (tertiary/aromatic N) is 1. The van der Waals surface area contributed by atoms with Gasteiger partial charge in [-0.1, -0.05) is 18.1 Å². The highest BCUT2D eigenvalue weighted by Gasteiger charge is 2.22. The number of carbonyl (C=O) groups is 1. The molecule has 0 saturated heterocycles. The predicted molar refractivity (Wildman–Crippen MR) is 88.6 cm³/mol. The van der Waals surface area contributed by atoms with Crippen molar-refractivity contribution in [2.75, 3.05) is 18.5 Å². The van der Waals surface area contributed by atoms with Crippen LogP contribution in [0, 0.1) is 13.8 Å². The van der Waals surface area contributed by atoms with Crippen LogP contribution in [-0.4, -0.2) is 24.4 Å². The largest absolute Gasteiger partial charge is 0.486 e. The fourth-order valence-corrected chi connectivity index (χ4v) is 2.85. The lowest BCUT2D eigenvalue weighted by Crippen LogP contribution is -2.33. The lowest BCUT2D eigenvalue weighted by molar-refractivity contribution is 0.172. The summed E-state index contributed by atoms with van der Waals surface area (Å²) in [5.74, 6) is 1.91. The monoisotopic (exact) mass is 331 g/mol. The van der Waals surface area contributed by atoms with E-state index in [1.165, 1.54) is 0 Å². The second kappa shape index (κ2) is 6.82. The van der Waals surface area contributed by atoms with Crippen molar-refractivity contribution in [2.45, 2.75) is 33.2 Å². The molecule has 0 bridgehead atoms. The Morgan fingerprint density at radius 2 is 2.08 bits per heavy atom. The maximum Gasteiger partial charge on any atom is 0.319 e. The third kappa shape index (κ3) is 3.15. The van der Waals surface area contributed by atoms with E-state index in [4.69, 9.17) is 14.0 Å². The number of anilines is 1. The van der Waals surface area contributed by atoms with Crippen LogP contribution in [0.2, 0.25) is 0 Å². The minimum Gasteiger partial charge on any atom is -0.486 e. The maximum absolute atomic E-state index is 12.4. The van der Waals surface area contributed by atoms with Gasteiger partial charge in [0.1, 0.15) is 19.0 Å². The van der Waals surface area contributed by atoms with Crippen LogP contribution >= 0.6 is 0 Å². The molecule has 1 aromatic heterocycles. The molecule has 1 aliphatic heterocycles. The molecule has 0 fully saturated rings. The first-order valence-corrected chi connectivity index (χ1v) is 7.99. The lowest BCUT2D eigenvalue weighted by Gasteiger charge is -2.22. The molecule has 2 amide bonds. The molecule has 2 heterocycles. The average Bonchev–Trinajstić information content (AvgIpc) is 2.92. The third-order valence-corrected chi connectivity index (χ3v) is 3.97. The Kier molecular flexibility index (Phi) is 4.59. The summed E-state index contributed by atoms with van der Waals surface area (Å²) in [6.07, 6.45) is 0.725. The zero-order chi connectivity index (χ0) is 17.1. The van der Waals surface area contributed by atoms with Crippen LogP contribution < -0.4 is 20.1 Å². The molecule has 1 aliphatic rings. The Hall–Kier alpha value is -2.70. The molecule has 24 heavy (non-hydrogen) atoms. The number of hydrogen-bond acceptors (Lipinski definition) is 5. The van der Waals surface area contributed by atoms with Crippen molar-refractivity contribution in [3.8, 4) is 11.5 Å². The number of amides is 2. The van der Waals surface area contributed by atoms with Crippen LogP contribution in [0.4, 0.5) is 10.5 Å². The SMILES string of the molecule is CCC(NC(=O)Nc1cccc2c1OCCO2)c1c(C)noc1C. The first-order chi connectivity index (χ1) is 11.6. The van der Waals surface area contributed by atoms with Crippen molar-refractivity contribution in [3.05, 3.63) is 35.2 Å². The Morgan fingerprint density at radius 1 is 1.29 bits per heavy atom. The summed E-state index contributed by atoms with van der Waals surface area (Å²) in [5.41, 5.74) is 2.29. The van der Waals surface area contributed by atoms with Crippen LogP contribution in [-0.2, 0) is 0 Å². The van der Waals surface area contributed by atoms with Gasteiger partial charge in [-0.05, 0) is 32.4 Å². The van der Waals surface area contributed by atoms with Gasteiger partial charge in [-0.2, -0.15) is 0 Å². The topological polar surface area (TPSA) is 85.6 Å². The van der Waals surface area contributed by atoms with Gasteiger partial charge in [-0.15, -0.1) is 0 Å². The molecule has 0 spiro atoms. The summed E-state index contributed by atoms with van der Waals surface area (Å²) >= 11 is 0. The van der Waals surface area contributed by atoms with Crippen molar-refractivity contribution in [2.24, 2.45) is 0 Å². The second-order valence-electron chi connectivity index (χ2n) is 5.63. The number of aryl methyl sites for hydroxylation is 2. The van der Waals surface area contributed by atoms with E-state index in [1.807, 2.05) is 32.9 Å². The van der Waals surface area contributed by atoms with Crippen LogP contribution in [0.25, 0.3) is 0 Å². The fourth-order valence-electron chi connectivity index (χ4n) is 2.85. The molecule has 2 aromatic rings. The van der Waals surface area contributed by atoms with Gasteiger partial charge in [0.15, 0.2) is 11.5 Å². The number of benzene rings is 1.